The molecule has 1 atom stereocenters. The number of rotatable bonds is 0. The van der Waals surface area contributed by atoms with Crippen molar-refractivity contribution in [3.8, 4) is 0 Å². The molecule has 1 amide bonds. The molecular weight excluding hydrogens is 154 g/mol. The van der Waals surface area contributed by atoms with Crippen molar-refractivity contribution >= 4 is 11.6 Å². The number of amides is 1. The molecule has 0 bridgehead atoms. The van der Waals surface area contributed by atoms with Gasteiger partial charge < -0.3 is 4.90 Å². The van der Waals surface area contributed by atoms with E-state index in [0.29, 0.717) is 0 Å². The summed E-state index contributed by atoms with van der Waals surface area (Å²) in [6.45, 7) is 3.76. The van der Waals surface area contributed by atoms with Crippen LogP contribution in [0.5, 0.6) is 0 Å². The molecule has 0 aromatic carbocycles. The Kier molecular flexibility index (Phi) is 1.48. The van der Waals surface area contributed by atoms with Gasteiger partial charge in [-0.25, -0.2) is 5.43 Å². The maximum Gasteiger partial charge on any atom is 0.251 e. The van der Waals surface area contributed by atoms with Crippen molar-refractivity contribution < 1.29 is 4.79 Å². The number of nitrogens with zero attached hydrogens (tertiary/aromatic N) is 2. The second kappa shape index (κ2) is 2.29. The first kappa shape index (κ1) is 7.73. The minimum Gasteiger partial charge on any atom is -0.301 e. The van der Waals surface area contributed by atoms with E-state index in [1.54, 1.807) is 0 Å². The van der Waals surface area contributed by atoms with Gasteiger partial charge in [-0.15, -0.1) is 0 Å². The fourth-order valence-corrected chi connectivity index (χ4v) is 1.71. The number of hydrogen-bond donors (Lipinski definition) is 1. The molecule has 4 heteroatoms. The van der Waals surface area contributed by atoms with Crippen LogP contribution in [0.3, 0.4) is 0 Å². The molecule has 2 aliphatic rings. The van der Waals surface area contributed by atoms with Gasteiger partial charge in [-0.2, -0.15) is 5.10 Å². The van der Waals surface area contributed by atoms with E-state index in [4.69, 9.17) is 0 Å². The van der Waals surface area contributed by atoms with E-state index in [9.17, 15) is 4.79 Å². The average molecular weight is 167 g/mol. The van der Waals surface area contributed by atoms with E-state index >= 15 is 0 Å². The maximum absolute atomic E-state index is 11.4. The molecule has 1 N–H and O–H groups in total. The van der Waals surface area contributed by atoms with Gasteiger partial charge in [0.25, 0.3) is 5.91 Å². The molecule has 66 valence electrons. The quantitative estimate of drug-likeness (QED) is 0.543. The van der Waals surface area contributed by atoms with Crippen molar-refractivity contribution in [2.24, 2.45) is 10.5 Å². The number of fused-ring (bicyclic) bond motifs is 1. The predicted molar refractivity (Wildman–Crippen MR) is 45.8 cm³/mol. The summed E-state index contributed by atoms with van der Waals surface area (Å²) in [7, 11) is 2.05. The predicted octanol–water partition coefficient (Wildman–Crippen LogP) is -0.186. The Morgan fingerprint density at radius 1 is 1.67 bits per heavy atom. The van der Waals surface area contributed by atoms with Crippen LogP contribution in [0.25, 0.3) is 0 Å². The molecule has 2 heterocycles. The Bertz CT molecular complexity index is 261. The van der Waals surface area contributed by atoms with E-state index in [2.05, 4.69) is 15.4 Å². The summed E-state index contributed by atoms with van der Waals surface area (Å²) < 4.78 is 0. The van der Waals surface area contributed by atoms with Crippen LogP contribution in [-0.4, -0.2) is 36.7 Å². The van der Waals surface area contributed by atoms with E-state index in [1.165, 1.54) is 0 Å². The Morgan fingerprint density at radius 2 is 2.42 bits per heavy atom. The molecule has 1 saturated heterocycles. The van der Waals surface area contributed by atoms with Crippen LogP contribution in [0.2, 0.25) is 0 Å². The van der Waals surface area contributed by atoms with E-state index in [0.717, 1.165) is 25.2 Å². The van der Waals surface area contributed by atoms with Crippen LogP contribution in [0.4, 0.5) is 0 Å². The maximum atomic E-state index is 11.4. The van der Waals surface area contributed by atoms with Gasteiger partial charge in [0.05, 0.1) is 11.1 Å². The van der Waals surface area contributed by atoms with E-state index < -0.39 is 0 Å². The third-order valence-electron chi connectivity index (χ3n) is 2.84. The number of carbonyl (C=O) groups excluding carboxylic acids is 1. The number of hydrogen-bond acceptors (Lipinski definition) is 3. The lowest BCUT2D eigenvalue weighted by Gasteiger charge is -2.32. The van der Waals surface area contributed by atoms with E-state index in [-0.39, 0.29) is 11.3 Å². The molecule has 4 nitrogen and oxygen atoms in total. The topological polar surface area (TPSA) is 44.7 Å². The van der Waals surface area contributed by atoms with Crippen LogP contribution in [-0.2, 0) is 4.79 Å². The van der Waals surface area contributed by atoms with Crippen molar-refractivity contribution in [1.29, 1.82) is 0 Å². The normalized spacial score (nSPS) is 35.8. The zero-order chi connectivity index (χ0) is 8.77. The molecule has 2 aliphatic heterocycles. The number of likely N-dealkylation sites (tertiary alicyclic amines) is 1. The fourth-order valence-electron chi connectivity index (χ4n) is 1.71. The van der Waals surface area contributed by atoms with Gasteiger partial charge >= 0.3 is 0 Å². The number of carbonyl (C=O) groups is 1. The monoisotopic (exact) mass is 167 g/mol. The van der Waals surface area contributed by atoms with Crippen LogP contribution >= 0.6 is 0 Å². The summed E-state index contributed by atoms with van der Waals surface area (Å²) in [5.74, 6) is 0.0607. The number of hydrazone groups is 1. The first-order valence-electron chi connectivity index (χ1n) is 4.19. The highest BCUT2D eigenvalue weighted by Gasteiger charge is 2.45. The second-order valence-corrected chi connectivity index (χ2v) is 3.82. The smallest absolute Gasteiger partial charge is 0.251 e. The lowest BCUT2D eigenvalue weighted by atomic mass is 9.79. The van der Waals surface area contributed by atoms with Crippen molar-refractivity contribution in [3.05, 3.63) is 0 Å². The van der Waals surface area contributed by atoms with Crippen molar-refractivity contribution in [3.63, 3.8) is 0 Å². The van der Waals surface area contributed by atoms with Gasteiger partial charge in [0, 0.05) is 6.54 Å². The Hall–Kier alpha value is -0.900. The van der Waals surface area contributed by atoms with Gasteiger partial charge in [-0.1, -0.05) is 0 Å². The van der Waals surface area contributed by atoms with Crippen molar-refractivity contribution in [2.75, 3.05) is 20.1 Å². The average Bonchev–Trinajstić information content (AvgIpc) is 2.31. The first-order valence-corrected chi connectivity index (χ1v) is 4.19. The Labute approximate surface area is 71.6 Å². The standard InChI is InChI=1S/C8H13N3O/c1-8-3-4-11(2)5-6(8)9-10-7(8)12/h3-5H2,1-2H3,(H,10,12). The molecule has 0 saturated carbocycles. The van der Waals surface area contributed by atoms with Crippen LogP contribution in [0.1, 0.15) is 13.3 Å². The summed E-state index contributed by atoms with van der Waals surface area (Å²) in [5.41, 5.74) is 3.22. The third kappa shape index (κ3) is 0.876. The molecule has 12 heavy (non-hydrogen) atoms. The van der Waals surface area contributed by atoms with Gasteiger partial charge in [0.2, 0.25) is 0 Å². The molecule has 0 aromatic rings. The zero-order valence-electron chi connectivity index (χ0n) is 7.42. The number of nitrogens with one attached hydrogen (secondary N) is 1. The SMILES string of the molecule is CN1CCC2(C)C(=O)NN=C2C1. The highest BCUT2D eigenvalue weighted by Crippen LogP contribution is 2.31. The molecule has 0 radical (unpaired) electrons. The van der Waals surface area contributed by atoms with Gasteiger partial charge in [0.15, 0.2) is 0 Å². The minimum absolute atomic E-state index is 0.0607. The van der Waals surface area contributed by atoms with Gasteiger partial charge in [-0.05, 0) is 26.9 Å². The minimum atomic E-state index is -0.313. The molecule has 1 unspecified atom stereocenters. The summed E-state index contributed by atoms with van der Waals surface area (Å²) >= 11 is 0. The molecule has 0 spiro atoms. The van der Waals surface area contributed by atoms with Crippen LogP contribution in [0.15, 0.2) is 5.10 Å². The van der Waals surface area contributed by atoms with Crippen LogP contribution < -0.4 is 5.43 Å². The molecule has 2 rings (SSSR count). The van der Waals surface area contributed by atoms with Crippen molar-refractivity contribution in [1.82, 2.24) is 10.3 Å². The third-order valence-corrected chi connectivity index (χ3v) is 2.84. The highest BCUT2D eigenvalue weighted by atomic mass is 16.2. The summed E-state index contributed by atoms with van der Waals surface area (Å²) in [4.78, 5) is 13.6. The largest absolute Gasteiger partial charge is 0.301 e. The first-order chi connectivity index (χ1) is 5.63. The lowest BCUT2D eigenvalue weighted by Crippen LogP contribution is -2.47. The molecule has 0 aromatic heterocycles. The lowest BCUT2D eigenvalue weighted by molar-refractivity contribution is -0.126. The second-order valence-electron chi connectivity index (χ2n) is 3.82. The van der Waals surface area contributed by atoms with Crippen molar-refractivity contribution in [2.45, 2.75) is 13.3 Å². The Morgan fingerprint density at radius 3 is 3.17 bits per heavy atom. The fraction of sp³-hybridized carbons (Fsp3) is 0.750. The number of piperidine rings is 1. The van der Waals surface area contributed by atoms with Gasteiger partial charge in [-0.3, -0.25) is 4.79 Å². The molecular formula is C8H13N3O. The highest BCUT2D eigenvalue weighted by molar-refractivity contribution is 6.13. The summed E-state index contributed by atoms with van der Waals surface area (Å²) in [6.07, 6.45) is 0.883. The molecule has 0 aliphatic carbocycles. The van der Waals surface area contributed by atoms with E-state index in [1.807, 2.05) is 14.0 Å². The Balaban J connectivity index is 2.28. The summed E-state index contributed by atoms with van der Waals surface area (Å²) in [6, 6.07) is 0. The summed E-state index contributed by atoms with van der Waals surface area (Å²) in [5, 5.41) is 4.04. The van der Waals surface area contributed by atoms with Gasteiger partial charge in [0.1, 0.15) is 0 Å². The molecule has 1 fully saturated rings. The zero-order valence-corrected chi connectivity index (χ0v) is 7.42. The van der Waals surface area contributed by atoms with Crippen LogP contribution in [0, 0.1) is 5.41 Å².